The fourth-order valence-electron chi connectivity index (χ4n) is 1.35. The minimum atomic E-state index is -0.278. The number of primary amides is 1. The maximum atomic E-state index is 10.4. The van der Waals surface area contributed by atoms with E-state index in [1.165, 1.54) is 0 Å². The quantitative estimate of drug-likeness (QED) is 0.539. The Morgan fingerprint density at radius 1 is 1.82 bits per heavy atom. The molecule has 1 unspecified atom stereocenters. The number of rotatable bonds is 3. The van der Waals surface area contributed by atoms with Crippen molar-refractivity contribution in [2.45, 2.75) is 12.5 Å². The number of nitrogens with one attached hydrogen (secondary N) is 1. The second kappa shape index (κ2) is 3.69. The van der Waals surface area contributed by atoms with Crippen molar-refractivity contribution in [2.75, 3.05) is 26.7 Å². The first-order valence-corrected chi connectivity index (χ1v) is 3.88. The molecule has 1 atom stereocenters. The van der Waals surface area contributed by atoms with Crippen LogP contribution in [0.1, 0.15) is 6.42 Å². The Labute approximate surface area is 66.7 Å². The van der Waals surface area contributed by atoms with Crippen LogP contribution in [0.2, 0.25) is 0 Å². The summed E-state index contributed by atoms with van der Waals surface area (Å²) in [7, 11) is 2.08. The molecule has 0 bridgehead atoms. The van der Waals surface area contributed by atoms with Crippen molar-refractivity contribution in [2.24, 2.45) is 5.73 Å². The second-order valence-corrected chi connectivity index (χ2v) is 3.10. The van der Waals surface area contributed by atoms with E-state index < -0.39 is 0 Å². The molecular weight excluding hydrogens is 142 g/mol. The number of carbonyl (C=O) groups excluding carboxylic acids is 1. The van der Waals surface area contributed by atoms with Crippen LogP contribution in [0.25, 0.3) is 0 Å². The summed E-state index contributed by atoms with van der Waals surface area (Å²) in [4.78, 5) is 12.6. The van der Waals surface area contributed by atoms with Crippen LogP contribution in [0.5, 0.6) is 0 Å². The zero-order valence-corrected chi connectivity index (χ0v) is 6.84. The van der Waals surface area contributed by atoms with Crippen LogP contribution in [0.3, 0.4) is 0 Å². The fraction of sp³-hybridized carbons (Fsp3) is 0.857. The predicted octanol–water partition coefficient (Wildman–Crippen LogP) is -1.23. The lowest BCUT2D eigenvalue weighted by molar-refractivity contribution is -0.117. The number of hydrogen-bond donors (Lipinski definition) is 2. The summed E-state index contributed by atoms with van der Waals surface area (Å²) in [5, 5.41) is 3.10. The summed E-state index contributed by atoms with van der Waals surface area (Å²) in [6.45, 7) is 2.43. The predicted molar refractivity (Wildman–Crippen MR) is 43.1 cm³/mol. The molecule has 0 aromatic heterocycles. The zero-order valence-electron chi connectivity index (χ0n) is 6.84. The standard InChI is InChI=1S/C7H15N3O/c1-10-3-2-6(5-10)9-4-7(8)11/h6,9H,2-5H2,1H3,(H2,8,11). The lowest BCUT2D eigenvalue weighted by Crippen LogP contribution is -2.37. The largest absolute Gasteiger partial charge is 0.369 e. The van der Waals surface area contributed by atoms with Gasteiger partial charge in [0, 0.05) is 12.6 Å². The van der Waals surface area contributed by atoms with Gasteiger partial charge >= 0.3 is 0 Å². The topological polar surface area (TPSA) is 58.4 Å². The number of nitrogens with two attached hydrogens (primary N) is 1. The van der Waals surface area contributed by atoms with Crippen molar-refractivity contribution in [1.29, 1.82) is 0 Å². The molecule has 4 heteroatoms. The average Bonchev–Trinajstić information content (AvgIpc) is 2.31. The number of likely N-dealkylation sites (N-methyl/N-ethyl adjacent to an activating group) is 1. The van der Waals surface area contributed by atoms with E-state index in [-0.39, 0.29) is 5.91 Å². The van der Waals surface area contributed by atoms with Gasteiger partial charge in [0.15, 0.2) is 0 Å². The van der Waals surface area contributed by atoms with Crippen molar-refractivity contribution >= 4 is 5.91 Å². The number of amides is 1. The average molecular weight is 157 g/mol. The van der Waals surface area contributed by atoms with E-state index in [9.17, 15) is 4.79 Å². The maximum absolute atomic E-state index is 10.4. The van der Waals surface area contributed by atoms with Gasteiger partial charge < -0.3 is 16.0 Å². The summed E-state index contributed by atoms with van der Waals surface area (Å²) in [6.07, 6.45) is 1.11. The van der Waals surface area contributed by atoms with Gasteiger partial charge in [0.1, 0.15) is 0 Å². The minimum absolute atomic E-state index is 0.278. The van der Waals surface area contributed by atoms with E-state index in [1.54, 1.807) is 0 Å². The third-order valence-corrected chi connectivity index (χ3v) is 1.96. The van der Waals surface area contributed by atoms with Crippen LogP contribution in [-0.2, 0) is 4.79 Å². The van der Waals surface area contributed by atoms with E-state index in [2.05, 4.69) is 17.3 Å². The van der Waals surface area contributed by atoms with Gasteiger partial charge in [-0.1, -0.05) is 0 Å². The highest BCUT2D eigenvalue weighted by molar-refractivity contribution is 5.75. The highest BCUT2D eigenvalue weighted by atomic mass is 16.1. The lowest BCUT2D eigenvalue weighted by atomic mass is 10.2. The Balaban J connectivity index is 2.13. The molecule has 0 aromatic carbocycles. The first kappa shape index (κ1) is 8.49. The van der Waals surface area contributed by atoms with E-state index in [4.69, 9.17) is 5.73 Å². The van der Waals surface area contributed by atoms with Crippen molar-refractivity contribution in [3.05, 3.63) is 0 Å². The molecule has 1 heterocycles. The van der Waals surface area contributed by atoms with Gasteiger partial charge in [-0.2, -0.15) is 0 Å². The monoisotopic (exact) mass is 157 g/mol. The molecular formula is C7H15N3O. The molecule has 0 aliphatic carbocycles. The van der Waals surface area contributed by atoms with E-state index in [1.807, 2.05) is 0 Å². The van der Waals surface area contributed by atoms with Gasteiger partial charge in [0.2, 0.25) is 5.91 Å². The van der Waals surface area contributed by atoms with E-state index >= 15 is 0 Å². The van der Waals surface area contributed by atoms with Crippen molar-refractivity contribution in [3.8, 4) is 0 Å². The summed E-state index contributed by atoms with van der Waals surface area (Å²) in [5.74, 6) is -0.278. The third kappa shape index (κ3) is 2.86. The summed E-state index contributed by atoms with van der Waals surface area (Å²) in [6, 6.07) is 0.451. The molecule has 1 aliphatic rings. The smallest absolute Gasteiger partial charge is 0.231 e. The first-order chi connectivity index (χ1) is 5.18. The zero-order chi connectivity index (χ0) is 8.27. The molecule has 0 spiro atoms. The molecule has 64 valence electrons. The third-order valence-electron chi connectivity index (χ3n) is 1.96. The highest BCUT2D eigenvalue weighted by Gasteiger charge is 2.18. The van der Waals surface area contributed by atoms with Crippen molar-refractivity contribution in [3.63, 3.8) is 0 Å². The normalized spacial score (nSPS) is 25.7. The molecule has 1 saturated heterocycles. The molecule has 4 nitrogen and oxygen atoms in total. The Morgan fingerprint density at radius 2 is 2.55 bits per heavy atom. The van der Waals surface area contributed by atoms with Crippen molar-refractivity contribution < 1.29 is 4.79 Å². The number of nitrogens with zero attached hydrogens (tertiary/aromatic N) is 1. The molecule has 1 amide bonds. The Hall–Kier alpha value is -0.610. The molecule has 3 N–H and O–H groups in total. The fourth-order valence-corrected chi connectivity index (χ4v) is 1.35. The number of likely N-dealkylation sites (tertiary alicyclic amines) is 1. The molecule has 1 aliphatic heterocycles. The van der Waals surface area contributed by atoms with Crippen LogP contribution in [0, 0.1) is 0 Å². The van der Waals surface area contributed by atoms with Gasteiger partial charge in [-0.15, -0.1) is 0 Å². The second-order valence-electron chi connectivity index (χ2n) is 3.10. The molecule has 11 heavy (non-hydrogen) atoms. The SMILES string of the molecule is CN1CCC(NCC(N)=O)C1. The van der Waals surface area contributed by atoms with Gasteiger partial charge in [-0.25, -0.2) is 0 Å². The van der Waals surface area contributed by atoms with Crippen LogP contribution < -0.4 is 11.1 Å². The molecule has 0 saturated carbocycles. The van der Waals surface area contributed by atoms with Crippen LogP contribution in [0.15, 0.2) is 0 Å². The van der Waals surface area contributed by atoms with Crippen molar-refractivity contribution in [1.82, 2.24) is 10.2 Å². The molecule has 0 radical (unpaired) electrons. The Kier molecular flexibility index (Phi) is 2.84. The van der Waals surface area contributed by atoms with E-state index in [0.29, 0.717) is 12.6 Å². The Morgan fingerprint density at radius 3 is 3.00 bits per heavy atom. The summed E-state index contributed by atoms with van der Waals surface area (Å²) in [5.41, 5.74) is 4.99. The van der Waals surface area contributed by atoms with Crippen LogP contribution in [-0.4, -0.2) is 43.5 Å². The first-order valence-electron chi connectivity index (χ1n) is 3.88. The number of hydrogen-bond acceptors (Lipinski definition) is 3. The molecule has 0 aromatic rings. The Bertz CT molecular complexity index is 149. The highest BCUT2D eigenvalue weighted by Crippen LogP contribution is 2.04. The van der Waals surface area contributed by atoms with Gasteiger partial charge in [-0.3, -0.25) is 4.79 Å². The summed E-state index contributed by atoms with van der Waals surface area (Å²) < 4.78 is 0. The van der Waals surface area contributed by atoms with Gasteiger partial charge in [0.25, 0.3) is 0 Å². The molecule has 1 rings (SSSR count). The lowest BCUT2D eigenvalue weighted by Gasteiger charge is -2.10. The molecule has 1 fully saturated rings. The maximum Gasteiger partial charge on any atom is 0.231 e. The summed E-state index contributed by atoms with van der Waals surface area (Å²) >= 11 is 0. The number of carbonyl (C=O) groups is 1. The van der Waals surface area contributed by atoms with Crippen LogP contribution >= 0.6 is 0 Å². The minimum Gasteiger partial charge on any atom is -0.369 e. The van der Waals surface area contributed by atoms with Gasteiger partial charge in [0.05, 0.1) is 6.54 Å². The van der Waals surface area contributed by atoms with E-state index in [0.717, 1.165) is 19.5 Å². The van der Waals surface area contributed by atoms with Gasteiger partial charge in [-0.05, 0) is 20.0 Å². The van der Waals surface area contributed by atoms with Crippen LogP contribution in [0.4, 0.5) is 0 Å².